The van der Waals surface area contributed by atoms with E-state index < -0.39 is 52.8 Å². The Morgan fingerprint density at radius 1 is 0.733 bits per heavy atom. The van der Waals surface area contributed by atoms with Gasteiger partial charge < -0.3 is 39.0 Å². The van der Waals surface area contributed by atoms with E-state index in [1.165, 1.54) is 33.0 Å². The van der Waals surface area contributed by atoms with Gasteiger partial charge in [0.25, 0.3) is 0 Å². The van der Waals surface area contributed by atoms with Crippen molar-refractivity contribution in [1.82, 2.24) is 9.80 Å². The summed E-state index contributed by atoms with van der Waals surface area (Å²) in [6.45, 7) is 3.09. The van der Waals surface area contributed by atoms with Crippen LogP contribution in [0.2, 0.25) is 0 Å². The Morgan fingerprint density at radius 3 is 1.69 bits per heavy atom. The van der Waals surface area contributed by atoms with E-state index in [-0.39, 0.29) is 62.6 Å². The third-order valence-corrected chi connectivity index (χ3v) is 7.91. The van der Waals surface area contributed by atoms with Crippen LogP contribution in [0.1, 0.15) is 55.4 Å². The van der Waals surface area contributed by atoms with Gasteiger partial charge in [0, 0.05) is 56.6 Å². The van der Waals surface area contributed by atoms with Crippen LogP contribution in [0, 0.1) is 23.5 Å². The van der Waals surface area contributed by atoms with E-state index >= 15 is 8.78 Å². The number of hydrogen-bond acceptors (Lipinski definition) is 8. The molecule has 45 heavy (non-hydrogen) atoms. The summed E-state index contributed by atoms with van der Waals surface area (Å²) in [4.78, 5) is 50.2. The maximum atomic E-state index is 15.5. The molecule has 0 saturated heterocycles. The summed E-state index contributed by atoms with van der Waals surface area (Å²) >= 11 is 0. The first kappa shape index (κ1) is 33.3. The number of amides is 2. The Kier molecular flexibility index (Phi) is 10.3. The lowest BCUT2D eigenvalue weighted by molar-refractivity contribution is -0.145. The second-order valence-electron chi connectivity index (χ2n) is 11.2. The van der Waals surface area contributed by atoms with Crippen molar-refractivity contribution in [3.63, 3.8) is 0 Å². The van der Waals surface area contributed by atoms with Gasteiger partial charge in [-0.15, -0.1) is 0 Å². The van der Waals surface area contributed by atoms with Gasteiger partial charge in [-0.05, 0) is 23.3 Å². The van der Waals surface area contributed by atoms with Crippen LogP contribution in [-0.4, -0.2) is 71.2 Å². The molecule has 2 atom stereocenters. The first-order valence-electron chi connectivity index (χ1n) is 14.4. The van der Waals surface area contributed by atoms with E-state index in [9.17, 15) is 19.2 Å². The predicted molar refractivity (Wildman–Crippen MR) is 153 cm³/mol. The number of carboxylic acids is 2. The maximum absolute atomic E-state index is 15.5. The SMILES string of the molecule is COc1cc2c(cc1OCCCOc1c(F)c3c(c(F)c1OC)CN(C(=O)C[C@H](C)C(=O)O)C3)CN(C(=O)C[C@H](C)C(=O)O)C2. The lowest BCUT2D eigenvalue weighted by Crippen LogP contribution is -2.28. The molecule has 244 valence electrons. The molecule has 0 fully saturated rings. The molecule has 2 aliphatic heterocycles. The van der Waals surface area contributed by atoms with Crippen molar-refractivity contribution in [3.8, 4) is 23.0 Å². The van der Waals surface area contributed by atoms with Crippen LogP contribution in [0.5, 0.6) is 23.0 Å². The number of fused-ring (bicyclic) bond motifs is 2. The molecule has 2 aromatic carbocycles. The van der Waals surface area contributed by atoms with E-state index in [0.29, 0.717) is 24.6 Å². The largest absolute Gasteiger partial charge is 0.493 e. The van der Waals surface area contributed by atoms with Crippen LogP contribution in [0.25, 0.3) is 0 Å². The smallest absolute Gasteiger partial charge is 0.306 e. The van der Waals surface area contributed by atoms with Crippen LogP contribution in [0.3, 0.4) is 0 Å². The van der Waals surface area contributed by atoms with Crippen molar-refractivity contribution in [1.29, 1.82) is 0 Å². The summed E-state index contributed by atoms with van der Waals surface area (Å²) in [7, 11) is 2.65. The highest BCUT2D eigenvalue weighted by molar-refractivity contribution is 5.83. The summed E-state index contributed by atoms with van der Waals surface area (Å²) in [5.41, 5.74) is 1.60. The second kappa shape index (κ2) is 14.0. The molecule has 0 bridgehead atoms. The van der Waals surface area contributed by atoms with E-state index in [1.54, 1.807) is 17.0 Å². The van der Waals surface area contributed by atoms with Gasteiger partial charge in [-0.1, -0.05) is 13.8 Å². The number of halogens is 2. The molecule has 0 aromatic heterocycles. The number of nitrogens with zero attached hydrogens (tertiary/aromatic N) is 2. The monoisotopic (exact) mass is 634 g/mol. The fourth-order valence-corrected chi connectivity index (χ4v) is 5.22. The molecule has 2 heterocycles. The number of methoxy groups -OCH3 is 2. The average Bonchev–Trinajstić information content (AvgIpc) is 3.64. The minimum Gasteiger partial charge on any atom is -0.493 e. The molecule has 0 spiro atoms. The van der Waals surface area contributed by atoms with Crippen molar-refractivity contribution in [2.24, 2.45) is 11.8 Å². The second-order valence-corrected chi connectivity index (χ2v) is 11.2. The lowest BCUT2D eigenvalue weighted by Gasteiger charge is -2.16. The Bertz CT molecular complexity index is 1500. The van der Waals surface area contributed by atoms with Crippen molar-refractivity contribution in [2.75, 3.05) is 27.4 Å². The Labute approximate surface area is 258 Å². The number of ether oxygens (including phenoxy) is 4. The molecule has 0 radical (unpaired) electrons. The van der Waals surface area contributed by atoms with Crippen molar-refractivity contribution < 1.29 is 57.1 Å². The highest BCUT2D eigenvalue weighted by Crippen LogP contribution is 2.42. The van der Waals surface area contributed by atoms with Crippen molar-refractivity contribution >= 4 is 23.8 Å². The summed E-state index contributed by atoms with van der Waals surface area (Å²) < 4.78 is 52.9. The van der Waals surface area contributed by atoms with E-state index in [1.807, 2.05) is 0 Å². The highest BCUT2D eigenvalue weighted by atomic mass is 19.1. The summed E-state index contributed by atoms with van der Waals surface area (Å²) in [6.07, 6.45) is -0.146. The number of hydrogen-bond donors (Lipinski definition) is 2. The van der Waals surface area contributed by atoms with Crippen LogP contribution >= 0.6 is 0 Å². The first-order chi connectivity index (χ1) is 21.4. The summed E-state index contributed by atoms with van der Waals surface area (Å²) in [5.74, 6) is -6.44. The van der Waals surface area contributed by atoms with Gasteiger partial charge in [-0.25, -0.2) is 8.78 Å². The molecule has 0 unspecified atom stereocenters. The standard InChI is InChI=1S/C31H36F2N2O10/c1-16(30(38)39)8-24(36)34-12-18-10-22(42-3)23(11-19(18)13-34)44-6-5-7-45-29-27(33)21-15-35(25(37)9-17(2)31(40)41)14-20(21)26(32)28(29)43-4/h10-11,16-17H,5-9,12-15H2,1-4H3,(H,38,39)(H,40,41)/t16-,17-/m0/s1. The number of carbonyl (C=O) groups excluding carboxylic acids is 2. The van der Waals surface area contributed by atoms with Gasteiger partial charge >= 0.3 is 11.9 Å². The van der Waals surface area contributed by atoms with Gasteiger partial charge in [0.1, 0.15) is 0 Å². The Morgan fingerprint density at radius 2 is 1.20 bits per heavy atom. The van der Waals surface area contributed by atoms with Gasteiger partial charge in [0.2, 0.25) is 17.6 Å². The molecule has 4 rings (SSSR count). The molecule has 14 heteroatoms. The third kappa shape index (κ3) is 7.21. The van der Waals surface area contributed by atoms with Gasteiger partial charge in [0.15, 0.2) is 28.9 Å². The lowest BCUT2D eigenvalue weighted by atomic mass is 10.1. The average molecular weight is 635 g/mol. The predicted octanol–water partition coefficient (Wildman–Crippen LogP) is 3.74. The number of carboxylic acid groups (broad SMARTS) is 2. The normalized spacial score (nSPS) is 14.8. The van der Waals surface area contributed by atoms with Gasteiger partial charge in [-0.2, -0.15) is 0 Å². The molecular formula is C31H36F2N2O10. The molecule has 12 nitrogen and oxygen atoms in total. The van der Waals surface area contributed by atoms with E-state index in [0.717, 1.165) is 11.1 Å². The number of aliphatic carboxylic acids is 2. The molecule has 2 aromatic rings. The number of benzene rings is 2. The molecule has 2 amide bonds. The van der Waals surface area contributed by atoms with Crippen LogP contribution < -0.4 is 18.9 Å². The molecule has 2 N–H and O–H groups in total. The van der Waals surface area contributed by atoms with E-state index in [4.69, 9.17) is 29.2 Å². The van der Waals surface area contributed by atoms with Crippen LogP contribution in [0.15, 0.2) is 12.1 Å². The summed E-state index contributed by atoms with van der Waals surface area (Å²) in [5, 5.41) is 18.2. The number of rotatable bonds is 14. The maximum Gasteiger partial charge on any atom is 0.306 e. The third-order valence-electron chi connectivity index (χ3n) is 7.91. The minimum absolute atomic E-state index is 0.0447. The van der Waals surface area contributed by atoms with Crippen molar-refractivity contribution in [2.45, 2.75) is 59.3 Å². The zero-order chi connectivity index (χ0) is 33.0. The zero-order valence-electron chi connectivity index (χ0n) is 25.5. The fraction of sp³-hybridized carbons (Fsp3) is 0.484. The summed E-state index contributed by atoms with van der Waals surface area (Å²) in [6, 6.07) is 3.52. The first-order valence-corrected chi connectivity index (χ1v) is 14.4. The quantitative estimate of drug-likeness (QED) is 0.294. The highest BCUT2D eigenvalue weighted by Gasteiger charge is 2.35. The van der Waals surface area contributed by atoms with Crippen LogP contribution in [-0.2, 0) is 45.4 Å². The Balaban J connectivity index is 1.36. The fourth-order valence-electron chi connectivity index (χ4n) is 5.22. The molecule has 0 aliphatic carbocycles. The van der Waals surface area contributed by atoms with Gasteiger partial charge in [0.05, 0.1) is 39.3 Å². The topological polar surface area (TPSA) is 152 Å². The van der Waals surface area contributed by atoms with E-state index in [2.05, 4.69) is 0 Å². The molecule has 0 saturated carbocycles. The zero-order valence-corrected chi connectivity index (χ0v) is 25.5. The van der Waals surface area contributed by atoms with Crippen molar-refractivity contribution in [3.05, 3.63) is 46.0 Å². The molecule has 2 aliphatic rings. The Hall–Kier alpha value is -4.62. The number of carbonyl (C=O) groups is 4. The minimum atomic E-state index is -1.14. The van der Waals surface area contributed by atoms with Gasteiger partial charge in [-0.3, -0.25) is 19.2 Å². The molecular weight excluding hydrogens is 598 g/mol. The van der Waals surface area contributed by atoms with Crippen LogP contribution in [0.4, 0.5) is 8.78 Å².